The summed E-state index contributed by atoms with van der Waals surface area (Å²) in [5, 5.41) is 1.22. The average Bonchev–Trinajstić information content (AvgIpc) is 3.15. The third-order valence-electron chi connectivity index (χ3n) is 5.12. The van der Waals surface area contributed by atoms with E-state index in [9.17, 15) is 13.2 Å². The minimum absolute atomic E-state index is 0.0440. The number of fused-ring (bicyclic) bond motifs is 1. The summed E-state index contributed by atoms with van der Waals surface area (Å²) in [7, 11) is -3.98. The van der Waals surface area contributed by atoms with E-state index in [0.29, 0.717) is 22.9 Å². The fraction of sp³-hybridized carbons (Fsp3) is 0.250. The van der Waals surface area contributed by atoms with Gasteiger partial charge < -0.3 is 10.5 Å². The van der Waals surface area contributed by atoms with Crippen LogP contribution in [0.3, 0.4) is 0 Å². The maximum absolute atomic E-state index is 13.4. The summed E-state index contributed by atoms with van der Waals surface area (Å²) >= 11 is 6.24. The van der Waals surface area contributed by atoms with E-state index in [0.717, 1.165) is 4.31 Å². The zero-order chi connectivity index (χ0) is 21.3. The number of rotatable bonds is 6. The lowest BCUT2D eigenvalue weighted by atomic mass is 10.0. The minimum atomic E-state index is -3.98. The molecule has 0 spiro atoms. The van der Waals surface area contributed by atoms with Crippen LogP contribution in [0.5, 0.6) is 5.75 Å². The molecule has 1 unspecified atom stereocenters. The van der Waals surface area contributed by atoms with Crippen molar-refractivity contribution in [3.63, 3.8) is 0 Å². The number of hydrogen-bond donors (Lipinski definition) is 1. The summed E-state index contributed by atoms with van der Waals surface area (Å²) in [4.78, 5) is 20.6. The zero-order valence-electron chi connectivity index (χ0n) is 15.8. The van der Waals surface area contributed by atoms with E-state index in [4.69, 9.17) is 22.1 Å². The molecule has 1 saturated heterocycles. The van der Waals surface area contributed by atoms with Gasteiger partial charge in [-0.1, -0.05) is 23.7 Å². The van der Waals surface area contributed by atoms with Crippen LogP contribution in [-0.2, 0) is 14.8 Å². The zero-order valence-corrected chi connectivity index (χ0v) is 17.4. The van der Waals surface area contributed by atoms with Gasteiger partial charge in [-0.15, -0.1) is 0 Å². The number of sulfonamides is 1. The molecule has 30 heavy (non-hydrogen) atoms. The minimum Gasteiger partial charge on any atom is -0.484 e. The monoisotopic (exact) mass is 446 g/mol. The molecule has 2 N–H and O–H groups in total. The van der Waals surface area contributed by atoms with Crippen LogP contribution in [0.15, 0.2) is 60.0 Å². The van der Waals surface area contributed by atoms with E-state index in [2.05, 4.69) is 9.97 Å². The van der Waals surface area contributed by atoms with Crippen LogP contribution in [0.1, 0.15) is 6.42 Å². The number of nitrogens with zero attached hydrogens (tertiary/aromatic N) is 3. The Hall–Kier alpha value is -2.59. The normalized spacial score (nSPS) is 19.8. The van der Waals surface area contributed by atoms with E-state index < -0.39 is 22.1 Å². The van der Waals surface area contributed by atoms with Gasteiger partial charge in [0.05, 0.1) is 28.2 Å². The van der Waals surface area contributed by atoms with Gasteiger partial charge in [0.25, 0.3) is 0 Å². The van der Waals surface area contributed by atoms with Crippen LogP contribution in [0.2, 0.25) is 5.02 Å². The van der Waals surface area contributed by atoms with Gasteiger partial charge in [-0.2, -0.15) is 4.31 Å². The van der Waals surface area contributed by atoms with Crippen molar-refractivity contribution in [2.75, 3.05) is 13.2 Å². The number of nitrogens with two attached hydrogens (primary N) is 1. The van der Waals surface area contributed by atoms with Crippen molar-refractivity contribution < 1.29 is 17.9 Å². The van der Waals surface area contributed by atoms with Crippen molar-refractivity contribution in [2.24, 2.45) is 11.7 Å². The van der Waals surface area contributed by atoms with Crippen LogP contribution < -0.4 is 10.5 Å². The number of benzene rings is 1. The van der Waals surface area contributed by atoms with E-state index in [-0.39, 0.29) is 28.9 Å². The summed E-state index contributed by atoms with van der Waals surface area (Å²) in [6.07, 6.45) is 5.37. The molecule has 0 amide bonds. The Morgan fingerprint density at radius 1 is 1.20 bits per heavy atom. The molecule has 2 atom stereocenters. The lowest BCUT2D eigenvalue weighted by molar-refractivity contribution is -0.125. The number of halogens is 1. The second-order valence-corrected chi connectivity index (χ2v) is 9.19. The quantitative estimate of drug-likeness (QED) is 0.617. The first kappa shape index (κ1) is 20.7. The molecule has 3 heterocycles. The van der Waals surface area contributed by atoms with Gasteiger partial charge in [0.2, 0.25) is 10.0 Å². The molecule has 10 heteroatoms. The molecule has 8 nitrogen and oxygen atoms in total. The first-order valence-corrected chi connectivity index (χ1v) is 11.1. The van der Waals surface area contributed by atoms with Gasteiger partial charge in [0, 0.05) is 35.9 Å². The maximum Gasteiger partial charge on any atom is 0.245 e. The maximum atomic E-state index is 13.4. The molecule has 0 bridgehead atoms. The number of carbonyl (C=O) groups is 1. The summed E-state index contributed by atoms with van der Waals surface area (Å²) in [5.41, 5.74) is 6.21. The van der Waals surface area contributed by atoms with Crippen molar-refractivity contribution in [2.45, 2.75) is 17.5 Å². The van der Waals surface area contributed by atoms with Crippen LogP contribution in [-0.4, -0.2) is 47.8 Å². The highest BCUT2D eigenvalue weighted by atomic mass is 35.5. The number of ketones is 1. The van der Waals surface area contributed by atoms with Crippen molar-refractivity contribution in [1.29, 1.82) is 0 Å². The van der Waals surface area contributed by atoms with Gasteiger partial charge in [-0.25, -0.2) is 8.42 Å². The Bertz CT molecular complexity index is 1180. The number of Topliss-reactive ketones (excluding diaryl/α,β-unsaturated/α-hetero) is 1. The van der Waals surface area contributed by atoms with Crippen LogP contribution >= 0.6 is 11.6 Å². The number of hydrogen-bond acceptors (Lipinski definition) is 7. The van der Waals surface area contributed by atoms with E-state index in [1.54, 1.807) is 36.7 Å². The fourth-order valence-corrected chi connectivity index (χ4v) is 5.74. The molecule has 0 aliphatic carbocycles. The molecule has 2 aromatic heterocycles. The third-order valence-corrected chi connectivity index (χ3v) is 7.35. The standard InChI is InChI=1S/C20H19ClN4O4S/c21-16-11-24-9-13-3-1-5-18(19(13)16)30(27,28)25-8-6-15(20(25)22)17(26)12-29-14-4-2-7-23-10-14/h1-5,7,9-11,15,20H,6,8,12,22H2/t15?,20-/m1/s1. The molecule has 1 aliphatic rings. The third kappa shape index (κ3) is 3.77. The molecule has 0 radical (unpaired) electrons. The first-order valence-electron chi connectivity index (χ1n) is 9.25. The SMILES string of the molecule is N[C@H]1C(C(=O)COc2cccnc2)CCN1S(=O)(=O)c1cccc2cncc(Cl)c12. The Labute approximate surface area is 178 Å². The number of aromatic nitrogens is 2. The van der Waals surface area contributed by atoms with Gasteiger partial charge in [-0.05, 0) is 24.6 Å². The molecule has 156 valence electrons. The topological polar surface area (TPSA) is 115 Å². The number of ether oxygens (including phenoxy) is 1. The predicted molar refractivity (Wildman–Crippen MR) is 111 cm³/mol. The second kappa shape index (κ2) is 8.27. The van der Waals surface area contributed by atoms with Gasteiger partial charge >= 0.3 is 0 Å². The van der Waals surface area contributed by atoms with Gasteiger partial charge in [0.15, 0.2) is 5.78 Å². The number of carbonyl (C=O) groups excluding carboxylic acids is 1. The molecule has 4 rings (SSSR count). The molecular formula is C20H19ClN4O4S. The van der Waals surface area contributed by atoms with Crippen molar-refractivity contribution in [3.8, 4) is 5.75 Å². The van der Waals surface area contributed by atoms with E-state index in [1.165, 1.54) is 18.5 Å². The first-order chi connectivity index (χ1) is 14.4. The molecular weight excluding hydrogens is 428 g/mol. The van der Waals surface area contributed by atoms with Gasteiger partial charge in [0.1, 0.15) is 12.4 Å². The van der Waals surface area contributed by atoms with Crippen LogP contribution in [0.4, 0.5) is 0 Å². The molecule has 1 aliphatic heterocycles. The van der Waals surface area contributed by atoms with E-state index in [1.807, 2.05) is 0 Å². The largest absolute Gasteiger partial charge is 0.484 e. The van der Waals surface area contributed by atoms with E-state index >= 15 is 0 Å². The summed E-state index contributed by atoms with van der Waals surface area (Å²) in [6, 6.07) is 8.22. The highest BCUT2D eigenvalue weighted by Gasteiger charge is 2.43. The van der Waals surface area contributed by atoms with Gasteiger partial charge in [-0.3, -0.25) is 14.8 Å². The highest BCUT2D eigenvalue weighted by molar-refractivity contribution is 7.89. The predicted octanol–water partition coefficient (Wildman–Crippen LogP) is 2.23. The van der Waals surface area contributed by atoms with Crippen LogP contribution in [0, 0.1) is 5.92 Å². The average molecular weight is 447 g/mol. The van der Waals surface area contributed by atoms with Crippen LogP contribution in [0.25, 0.3) is 10.8 Å². The summed E-state index contributed by atoms with van der Waals surface area (Å²) < 4.78 is 33.4. The molecule has 1 aromatic carbocycles. The number of pyridine rings is 2. The second-order valence-electron chi connectivity index (χ2n) is 6.92. The molecule has 0 saturated carbocycles. The summed E-state index contributed by atoms with van der Waals surface area (Å²) in [6.45, 7) is -0.0738. The fourth-order valence-electron chi connectivity index (χ4n) is 3.61. The smallest absolute Gasteiger partial charge is 0.245 e. The highest BCUT2D eigenvalue weighted by Crippen LogP contribution is 2.34. The molecule has 1 fully saturated rings. The Balaban J connectivity index is 1.56. The Kier molecular flexibility index (Phi) is 5.70. The Morgan fingerprint density at radius 3 is 2.80 bits per heavy atom. The Morgan fingerprint density at radius 2 is 2.03 bits per heavy atom. The lowest BCUT2D eigenvalue weighted by Gasteiger charge is -2.24. The van der Waals surface area contributed by atoms with Crippen molar-refractivity contribution in [1.82, 2.24) is 14.3 Å². The lowest BCUT2D eigenvalue weighted by Crippen LogP contribution is -2.46. The molecule has 3 aromatic rings. The van der Waals surface area contributed by atoms with Crippen molar-refractivity contribution in [3.05, 3.63) is 60.1 Å². The summed E-state index contributed by atoms with van der Waals surface area (Å²) in [5.74, 6) is -0.464. The van der Waals surface area contributed by atoms with Crippen molar-refractivity contribution >= 4 is 38.2 Å².